The Balaban J connectivity index is 1.98. The zero-order valence-electron chi connectivity index (χ0n) is 11.8. The summed E-state index contributed by atoms with van der Waals surface area (Å²) < 4.78 is 10.4. The van der Waals surface area contributed by atoms with E-state index < -0.39 is 0 Å². The van der Waals surface area contributed by atoms with Gasteiger partial charge in [0.1, 0.15) is 5.75 Å². The first-order valence-electron chi connectivity index (χ1n) is 6.69. The number of benzene rings is 1. The van der Waals surface area contributed by atoms with E-state index in [1.54, 1.807) is 0 Å². The largest absolute Gasteiger partial charge is 0.491 e. The molecule has 19 heavy (non-hydrogen) atoms. The van der Waals surface area contributed by atoms with E-state index in [-0.39, 0.29) is 18.0 Å². The lowest BCUT2D eigenvalue weighted by Gasteiger charge is -2.19. The summed E-state index contributed by atoms with van der Waals surface area (Å²) in [6, 6.07) is 8.02. The number of carbonyl (C=O) groups excluding carboxylic acids is 1. The lowest BCUT2D eigenvalue weighted by Crippen LogP contribution is -2.23. The van der Waals surface area contributed by atoms with Gasteiger partial charge in [0.2, 0.25) is 0 Å². The maximum atomic E-state index is 11.5. The molecule has 0 N–H and O–H groups in total. The molecule has 4 nitrogen and oxygen atoms in total. The summed E-state index contributed by atoms with van der Waals surface area (Å²) in [5.74, 6) is 0.765. The fourth-order valence-electron chi connectivity index (χ4n) is 2.36. The molecule has 104 valence electrons. The summed E-state index contributed by atoms with van der Waals surface area (Å²) >= 11 is 0. The maximum Gasteiger partial charge on any atom is 0.310 e. The number of ether oxygens (including phenoxy) is 2. The zero-order valence-corrected chi connectivity index (χ0v) is 11.8. The van der Waals surface area contributed by atoms with Crippen LogP contribution < -0.4 is 9.64 Å². The van der Waals surface area contributed by atoms with E-state index in [4.69, 9.17) is 9.47 Å². The van der Waals surface area contributed by atoms with Gasteiger partial charge in [-0.25, -0.2) is 0 Å². The van der Waals surface area contributed by atoms with Crippen molar-refractivity contribution in [3.05, 3.63) is 24.3 Å². The molecule has 0 spiro atoms. The van der Waals surface area contributed by atoms with Gasteiger partial charge in [0.05, 0.1) is 19.1 Å². The lowest BCUT2D eigenvalue weighted by molar-refractivity contribution is -0.144. The van der Waals surface area contributed by atoms with Gasteiger partial charge >= 0.3 is 5.97 Å². The number of rotatable bonds is 4. The fourth-order valence-corrected chi connectivity index (χ4v) is 2.36. The highest BCUT2D eigenvalue weighted by atomic mass is 16.5. The minimum Gasteiger partial charge on any atom is -0.491 e. The average molecular weight is 263 g/mol. The number of hydrogen-bond acceptors (Lipinski definition) is 4. The summed E-state index contributed by atoms with van der Waals surface area (Å²) in [6.07, 6.45) is 1.04. The van der Waals surface area contributed by atoms with E-state index in [9.17, 15) is 4.79 Å². The van der Waals surface area contributed by atoms with Crippen LogP contribution in [0.2, 0.25) is 0 Å². The fraction of sp³-hybridized carbons (Fsp3) is 0.533. The summed E-state index contributed by atoms with van der Waals surface area (Å²) in [5, 5.41) is 0. The molecular formula is C15H21NO3. The minimum absolute atomic E-state index is 0.00316. The van der Waals surface area contributed by atoms with Crippen molar-refractivity contribution >= 4 is 11.7 Å². The molecule has 1 heterocycles. The van der Waals surface area contributed by atoms with Gasteiger partial charge in [-0.3, -0.25) is 4.79 Å². The molecule has 1 aromatic carbocycles. The second-order valence-corrected chi connectivity index (χ2v) is 5.12. The third-order valence-corrected chi connectivity index (χ3v) is 3.30. The molecule has 0 aliphatic carbocycles. The first-order valence-corrected chi connectivity index (χ1v) is 6.69. The molecule has 1 aliphatic heterocycles. The van der Waals surface area contributed by atoms with Crippen LogP contribution in [0.25, 0.3) is 0 Å². The predicted molar refractivity (Wildman–Crippen MR) is 74.5 cm³/mol. The van der Waals surface area contributed by atoms with Crippen molar-refractivity contribution in [2.75, 3.05) is 25.1 Å². The molecular weight excluding hydrogens is 242 g/mol. The highest BCUT2D eigenvalue weighted by molar-refractivity contribution is 5.74. The summed E-state index contributed by atoms with van der Waals surface area (Å²) in [7, 11) is 1.45. The number of esters is 1. The Morgan fingerprint density at radius 1 is 1.32 bits per heavy atom. The number of carbonyl (C=O) groups is 1. The van der Waals surface area contributed by atoms with E-state index in [0.29, 0.717) is 0 Å². The monoisotopic (exact) mass is 263 g/mol. The summed E-state index contributed by atoms with van der Waals surface area (Å²) in [6.45, 7) is 5.64. The zero-order chi connectivity index (χ0) is 13.8. The number of methoxy groups -OCH3 is 1. The van der Waals surface area contributed by atoms with Crippen LogP contribution in [0.15, 0.2) is 24.3 Å². The third kappa shape index (κ3) is 3.40. The topological polar surface area (TPSA) is 38.8 Å². The standard InChI is InChI=1S/C15H21NO3/c1-11(2)19-14-6-4-13(5-7-14)16-9-8-12(10-16)15(17)18-3/h4-7,11-12H,8-10H2,1-3H3. The first-order chi connectivity index (χ1) is 9.10. The highest BCUT2D eigenvalue weighted by Crippen LogP contribution is 2.26. The minimum atomic E-state index is -0.109. The van der Waals surface area contributed by atoms with E-state index in [1.165, 1.54) is 7.11 Å². The Kier molecular flexibility index (Phi) is 4.30. The van der Waals surface area contributed by atoms with E-state index >= 15 is 0 Å². The quantitative estimate of drug-likeness (QED) is 0.782. The first kappa shape index (κ1) is 13.7. The number of nitrogens with zero attached hydrogens (tertiary/aromatic N) is 1. The van der Waals surface area contributed by atoms with Crippen molar-refractivity contribution in [1.29, 1.82) is 0 Å². The predicted octanol–water partition coefficient (Wildman–Crippen LogP) is 2.47. The Morgan fingerprint density at radius 3 is 2.58 bits per heavy atom. The lowest BCUT2D eigenvalue weighted by atomic mass is 10.1. The van der Waals surface area contributed by atoms with Gasteiger partial charge in [-0.1, -0.05) is 0 Å². The molecule has 1 fully saturated rings. The molecule has 1 atom stereocenters. The SMILES string of the molecule is COC(=O)C1CCN(c2ccc(OC(C)C)cc2)C1. The van der Waals surface area contributed by atoms with Crippen LogP contribution in [0.4, 0.5) is 5.69 Å². The van der Waals surface area contributed by atoms with Crippen LogP contribution in [-0.2, 0) is 9.53 Å². The van der Waals surface area contributed by atoms with Crippen LogP contribution in [-0.4, -0.2) is 32.3 Å². The van der Waals surface area contributed by atoms with Crippen molar-refractivity contribution in [3.63, 3.8) is 0 Å². The van der Waals surface area contributed by atoms with E-state index in [0.717, 1.165) is 30.9 Å². The molecule has 0 bridgehead atoms. The average Bonchev–Trinajstić information content (AvgIpc) is 2.87. The van der Waals surface area contributed by atoms with Gasteiger partial charge in [0.25, 0.3) is 0 Å². The molecule has 4 heteroatoms. The van der Waals surface area contributed by atoms with Gasteiger partial charge < -0.3 is 14.4 Å². The summed E-state index contributed by atoms with van der Waals surface area (Å²) in [5.41, 5.74) is 1.13. The molecule has 0 aromatic heterocycles. The second kappa shape index (κ2) is 5.95. The molecule has 1 unspecified atom stereocenters. The van der Waals surface area contributed by atoms with Crippen LogP contribution >= 0.6 is 0 Å². The van der Waals surface area contributed by atoms with Crippen LogP contribution in [0.5, 0.6) is 5.75 Å². The smallest absolute Gasteiger partial charge is 0.310 e. The van der Waals surface area contributed by atoms with Crippen molar-refractivity contribution < 1.29 is 14.3 Å². The van der Waals surface area contributed by atoms with Crippen LogP contribution in [0.3, 0.4) is 0 Å². The van der Waals surface area contributed by atoms with E-state index in [1.807, 2.05) is 38.1 Å². The van der Waals surface area contributed by atoms with Crippen molar-refractivity contribution in [1.82, 2.24) is 0 Å². The van der Waals surface area contributed by atoms with E-state index in [2.05, 4.69) is 4.90 Å². The van der Waals surface area contributed by atoms with Crippen LogP contribution in [0.1, 0.15) is 20.3 Å². The Hall–Kier alpha value is -1.71. The normalized spacial score (nSPS) is 18.7. The second-order valence-electron chi connectivity index (χ2n) is 5.12. The van der Waals surface area contributed by atoms with Gasteiger partial charge in [0, 0.05) is 18.8 Å². The molecule has 0 radical (unpaired) electrons. The third-order valence-electron chi connectivity index (χ3n) is 3.30. The van der Waals surface area contributed by atoms with Gasteiger partial charge in [-0.15, -0.1) is 0 Å². The van der Waals surface area contributed by atoms with Crippen molar-refractivity contribution in [2.24, 2.45) is 5.92 Å². The Labute approximate surface area is 114 Å². The molecule has 1 saturated heterocycles. The van der Waals surface area contributed by atoms with Gasteiger partial charge in [-0.05, 0) is 44.5 Å². The Morgan fingerprint density at radius 2 is 2.00 bits per heavy atom. The Bertz CT molecular complexity index is 428. The van der Waals surface area contributed by atoms with Crippen molar-refractivity contribution in [3.8, 4) is 5.75 Å². The maximum absolute atomic E-state index is 11.5. The van der Waals surface area contributed by atoms with Gasteiger partial charge in [0.15, 0.2) is 0 Å². The molecule has 1 aliphatic rings. The number of anilines is 1. The molecule has 1 aromatic rings. The summed E-state index contributed by atoms with van der Waals surface area (Å²) in [4.78, 5) is 13.7. The molecule has 0 amide bonds. The highest BCUT2D eigenvalue weighted by Gasteiger charge is 2.29. The molecule has 2 rings (SSSR count). The molecule has 0 saturated carbocycles. The van der Waals surface area contributed by atoms with Crippen molar-refractivity contribution in [2.45, 2.75) is 26.4 Å². The van der Waals surface area contributed by atoms with Gasteiger partial charge in [-0.2, -0.15) is 0 Å². The number of hydrogen-bond donors (Lipinski definition) is 0. The van der Waals surface area contributed by atoms with Crippen LogP contribution in [0, 0.1) is 5.92 Å².